The van der Waals surface area contributed by atoms with Crippen molar-refractivity contribution in [3.63, 3.8) is 0 Å². The van der Waals surface area contributed by atoms with Gasteiger partial charge in [0, 0.05) is 58.4 Å². The van der Waals surface area contributed by atoms with Crippen molar-refractivity contribution in [3.05, 3.63) is 18.0 Å². The van der Waals surface area contributed by atoms with Crippen LogP contribution in [-0.4, -0.2) is 71.9 Å². The Morgan fingerprint density at radius 1 is 1.31 bits per heavy atom. The van der Waals surface area contributed by atoms with Crippen molar-refractivity contribution in [3.8, 4) is 0 Å². The maximum Gasteiger partial charge on any atom is 0.193 e. The van der Waals surface area contributed by atoms with Crippen LogP contribution >= 0.6 is 24.0 Å². The van der Waals surface area contributed by atoms with Gasteiger partial charge in [-0.25, -0.2) is 0 Å². The van der Waals surface area contributed by atoms with Gasteiger partial charge in [-0.3, -0.25) is 9.67 Å². The Labute approximate surface area is 175 Å². The first-order valence-electron chi connectivity index (χ1n) is 9.81. The van der Waals surface area contributed by atoms with Gasteiger partial charge in [0.05, 0.1) is 6.20 Å². The molecule has 1 atom stereocenters. The lowest BCUT2D eigenvalue weighted by atomic mass is 9.94. The first-order valence-corrected chi connectivity index (χ1v) is 9.81. The third-order valence-electron chi connectivity index (χ3n) is 5.84. The minimum absolute atomic E-state index is 0. The molecule has 1 unspecified atom stereocenters. The number of nitrogens with one attached hydrogen (secondary N) is 1. The Hall–Kier alpha value is -0.830. The van der Waals surface area contributed by atoms with E-state index in [0.29, 0.717) is 5.92 Å². The van der Waals surface area contributed by atoms with E-state index in [9.17, 15) is 0 Å². The van der Waals surface area contributed by atoms with Crippen molar-refractivity contribution in [2.75, 3.05) is 40.3 Å². The predicted molar refractivity (Wildman–Crippen MR) is 118 cm³/mol. The van der Waals surface area contributed by atoms with E-state index < -0.39 is 0 Å². The van der Waals surface area contributed by atoms with Crippen molar-refractivity contribution in [2.24, 2.45) is 12.0 Å². The van der Waals surface area contributed by atoms with Gasteiger partial charge in [-0.15, -0.1) is 24.0 Å². The highest BCUT2D eigenvalue weighted by molar-refractivity contribution is 14.0. The molecule has 2 heterocycles. The lowest BCUT2D eigenvalue weighted by molar-refractivity contribution is 0.194. The molecule has 0 bridgehead atoms. The molecule has 2 fully saturated rings. The summed E-state index contributed by atoms with van der Waals surface area (Å²) in [5, 5.41) is 7.88. The molecule has 0 aromatic carbocycles. The van der Waals surface area contributed by atoms with Gasteiger partial charge in [0.15, 0.2) is 5.96 Å². The summed E-state index contributed by atoms with van der Waals surface area (Å²) in [5.41, 5.74) is 1.34. The highest BCUT2D eigenvalue weighted by Crippen LogP contribution is 2.26. The first-order chi connectivity index (χ1) is 12.2. The Morgan fingerprint density at radius 3 is 2.73 bits per heavy atom. The maximum absolute atomic E-state index is 4.50. The van der Waals surface area contributed by atoms with Crippen molar-refractivity contribution in [2.45, 2.75) is 50.5 Å². The highest BCUT2D eigenvalue weighted by Gasteiger charge is 2.27. The normalized spacial score (nSPS) is 21.9. The fraction of sp³-hybridized carbons (Fsp3) is 0.789. The number of rotatable bonds is 5. The topological polar surface area (TPSA) is 48.7 Å². The van der Waals surface area contributed by atoms with Crippen LogP contribution < -0.4 is 5.32 Å². The van der Waals surface area contributed by atoms with E-state index in [2.05, 4.69) is 38.5 Å². The molecular weight excluding hydrogens is 439 g/mol. The second-order valence-corrected chi connectivity index (χ2v) is 7.63. The average Bonchev–Trinajstić information content (AvgIpc) is 3.28. The third-order valence-corrected chi connectivity index (χ3v) is 5.84. The summed E-state index contributed by atoms with van der Waals surface area (Å²) in [6.45, 7) is 4.15. The zero-order valence-electron chi connectivity index (χ0n) is 16.5. The quantitative estimate of drug-likeness (QED) is 0.405. The molecule has 1 saturated carbocycles. The number of aliphatic imine (C=N–C) groups is 1. The molecule has 0 amide bonds. The molecule has 7 heteroatoms. The fourth-order valence-corrected chi connectivity index (χ4v) is 4.26. The van der Waals surface area contributed by atoms with E-state index in [0.717, 1.165) is 38.2 Å². The minimum Gasteiger partial charge on any atom is -0.355 e. The van der Waals surface area contributed by atoms with Crippen molar-refractivity contribution in [1.29, 1.82) is 0 Å². The number of halogens is 1. The van der Waals surface area contributed by atoms with E-state index in [-0.39, 0.29) is 24.0 Å². The monoisotopic (exact) mass is 474 g/mol. The molecule has 1 N–H and O–H groups in total. The number of likely N-dealkylation sites (tertiary alicyclic amines) is 1. The molecular formula is C19H35IN6. The molecule has 0 radical (unpaired) electrons. The molecule has 3 rings (SSSR count). The van der Waals surface area contributed by atoms with Gasteiger partial charge in [0.2, 0.25) is 0 Å². The van der Waals surface area contributed by atoms with Gasteiger partial charge in [0.1, 0.15) is 0 Å². The fourth-order valence-electron chi connectivity index (χ4n) is 4.26. The van der Waals surface area contributed by atoms with Crippen LogP contribution in [0, 0.1) is 0 Å². The molecule has 6 nitrogen and oxygen atoms in total. The van der Waals surface area contributed by atoms with Crippen LogP contribution in [-0.2, 0) is 7.05 Å². The Balaban J connectivity index is 0.00000243. The largest absolute Gasteiger partial charge is 0.355 e. The minimum atomic E-state index is 0. The number of aryl methyl sites for hydroxylation is 1. The molecule has 148 valence electrons. The van der Waals surface area contributed by atoms with Crippen LogP contribution in [0.3, 0.4) is 0 Å². The number of nitrogens with zero attached hydrogens (tertiary/aromatic N) is 5. The first kappa shape index (κ1) is 21.5. The van der Waals surface area contributed by atoms with Crippen molar-refractivity contribution in [1.82, 2.24) is 24.9 Å². The Bertz CT molecular complexity index is 566. The number of hydrogen-bond acceptors (Lipinski definition) is 3. The lowest BCUT2D eigenvalue weighted by Gasteiger charge is -2.31. The molecule has 0 spiro atoms. The zero-order chi connectivity index (χ0) is 17.6. The summed E-state index contributed by atoms with van der Waals surface area (Å²) in [4.78, 5) is 9.42. The standard InChI is InChI=1S/C19H34N6.HI/c1-20-19(21-10-12-23(2)18-7-5-4-6-8-18)25-11-9-16(15-25)17-13-22-24(3)14-17;/h13-14,16,18H,4-12,15H2,1-3H3,(H,20,21);1H. The second-order valence-electron chi connectivity index (χ2n) is 7.63. The summed E-state index contributed by atoms with van der Waals surface area (Å²) in [7, 11) is 6.15. The van der Waals surface area contributed by atoms with Gasteiger partial charge >= 0.3 is 0 Å². The molecule has 2 aliphatic rings. The van der Waals surface area contributed by atoms with E-state index in [1.54, 1.807) is 0 Å². The predicted octanol–water partition coefficient (Wildman–Crippen LogP) is 2.67. The van der Waals surface area contributed by atoms with Crippen LogP contribution in [0.25, 0.3) is 0 Å². The molecule has 26 heavy (non-hydrogen) atoms. The molecule has 1 aromatic heterocycles. The van der Waals surface area contributed by atoms with Gasteiger partial charge in [-0.1, -0.05) is 19.3 Å². The summed E-state index contributed by atoms with van der Waals surface area (Å²) in [5.74, 6) is 1.61. The zero-order valence-corrected chi connectivity index (χ0v) is 18.9. The number of likely N-dealkylation sites (N-methyl/N-ethyl adjacent to an activating group) is 1. The summed E-state index contributed by atoms with van der Waals surface area (Å²) < 4.78 is 1.90. The van der Waals surface area contributed by atoms with E-state index in [1.165, 1.54) is 44.1 Å². The second kappa shape index (κ2) is 10.5. The number of aromatic nitrogens is 2. The van der Waals surface area contributed by atoms with Crippen LogP contribution in [0.15, 0.2) is 17.4 Å². The Morgan fingerprint density at radius 2 is 2.08 bits per heavy atom. The van der Waals surface area contributed by atoms with Crippen LogP contribution in [0.2, 0.25) is 0 Å². The van der Waals surface area contributed by atoms with E-state index in [1.807, 2.05) is 25.0 Å². The van der Waals surface area contributed by atoms with E-state index >= 15 is 0 Å². The molecule has 1 aliphatic heterocycles. The maximum atomic E-state index is 4.50. The van der Waals surface area contributed by atoms with Crippen LogP contribution in [0.1, 0.15) is 50.0 Å². The van der Waals surface area contributed by atoms with Crippen LogP contribution in [0.5, 0.6) is 0 Å². The number of hydrogen-bond donors (Lipinski definition) is 1. The molecule has 1 aromatic rings. The smallest absolute Gasteiger partial charge is 0.193 e. The summed E-state index contributed by atoms with van der Waals surface area (Å²) in [6, 6.07) is 0.777. The van der Waals surface area contributed by atoms with Gasteiger partial charge in [-0.05, 0) is 31.9 Å². The SMILES string of the molecule is CN=C(NCCN(C)C1CCCCC1)N1CCC(c2cnn(C)c2)C1.I. The summed E-state index contributed by atoms with van der Waals surface area (Å²) >= 11 is 0. The van der Waals surface area contributed by atoms with Gasteiger partial charge in [-0.2, -0.15) is 5.10 Å². The van der Waals surface area contributed by atoms with Gasteiger partial charge < -0.3 is 15.1 Å². The van der Waals surface area contributed by atoms with Crippen molar-refractivity contribution >= 4 is 29.9 Å². The lowest BCUT2D eigenvalue weighted by Crippen LogP contribution is -2.44. The van der Waals surface area contributed by atoms with Gasteiger partial charge in [0.25, 0.3) is 0 Å². The summed E-state index contributed by atoms with van der Waals surface area (Å²) in [6.07, 6.45) is 12.3. The molecule has 1 aliphatic carbocycles. The van der Waals surface area contributed by atoms with E-state index in [4.69, 9.17) is 0 Å². The van der Waals surface area contributed by atoms with Crippen LogP contribution in [0.4, 0.5) is 0 Å². The third kappa shape index (κ3) is 5.58. The molecule has 1 saturated heterocycles. The number of guanidine groups is 1. The Kier molecular flexibility index (Phi) is 8.66. The highest BCUT2D eigenvalue weighted by atomic mass is 127. The van der Waals surface area contributed by atoms with Crippen molar-refractivity contribution < 1.29 is 0 Å². The average molecular weight is 474 g/mol.